The number of piperazine rings is 1. The van der Waals surface area contributed by atoms with E-state index in [0.717, 1.165) is 48.6 Å². The summed E-state index contributed by atoms with van der Waals surface area (Å²) in [5.41, 5.74) is 2.76. The van der Waals surface area contributed by atoms with Gasteiger partial charge in [-0.05, 0) is 57.9 Å². The topological polar surface area (TPSA) is 64.0 Å². The normalized spacial score (nSPS) is 14.8. The van der Waals surface area contributed by atoms with Gasteiger partial charge >= 0.3 is 0 Å². The highest BCUT2D eigenvalue weighted by atomic mass is 79.9. The Hall–Kier alpha value is -3.01. The summed E-state index contributed by atoms with van der Waals surface area (Å²) in [7, 11) is -0.569. The van der Waals surface area contributed by atoms with Gasteiger partial charge in [0.05, 0.1) is 25.4 Å². The fourth-order valence-electron chi connectivity index (χ4n) is 4.75. The number of hydrogen-bond donors (Lipinski definition) is 0. The Balaban J connectivity index is 1.41. The van der Waals surface area contributed by atoms with Crippen LogP contribution in [-0.4, -0.2) is 57.7 Å². The molecule has 3 aromatic carbocycles. The van der Waals surface area contributed by atoms with Crippen LogP contribution in [0.1, 0.15) is 5.56 Å². The fraction of sp³-hybridized carbons (Fsp3) is 0.259. The van der Waals surface area contributed by atoms with Crippen molar-refractivity contribution in [1.82, 2.24) is 8.87 Å². The van der Waals surface area contributed by atoms with Crippen LogP contribution in [0.5, 0.6) is 11.5 Å². The van der Waals surface area contributed by atoms with E-state index < -0.39 is 10.0 Å². The first-order valence-corrected chi connectivity index (χ1v) is 13.9. The summed E-state index contributed by atoms with van der Waals surface area (Å²) < 4.78 is 40.0. The number of ether oxygens (including phenoxy) is 2. The first-order valence-electron chi connectivity index (χ1n) is 11.7. The van der Waals surface area contributed by atoms with E-state index in [0.29, 0.717) is 22.3 Å². The average Bonchev–Trinajstić information content (AvgIpc) is 3.28. The third-order valence-electron chi connectivity index (χ3n) is 6.63. The zero-order valence-electron chi connectivity index (χ0n) is 20.2. The summed E-state index contributed by atoms with van der Waals surface area (Å²) in [5.74, 6) is 1.47. The van der Waals surface area contributed by atoms with Crippen molar-refractivity contribution in [3.63, 3.8) is 0 Å². The second-order valence-corrected chi connectivity index (χ2v) is 11.3. The van der Waals surface area contributed by atoms with Gasteiger partial charge in [-0.1, -0.05) is 30.3 Å². The van der Waals surface area contributed by atoms with Crippen LogP contribution in [0.15, 0.2) is 82.3 Å². The van der Waals surface area contributed by atoms with Gasteiger partial charge in [0.25, 0.3) is 10.0 Å². The van der Waals surface area contributed by atoms with Crippen molar-refractivity contribution in [1.29, 1.82) is 0 Å². The molecule has 0 aliphatic carbocycles. The Kier molecular flexibility index (Phi) is 6.96. The van der Waals surface area contributed by atoms with E-state index >= 15 is 0 Å². The zero-order valence-corrected chi connectivity index (χ0v) is 22.6. The van der Waals surface area contributed by atoms with Crippen LogP contribution < -0.4 is 14.4 Å². The van der Waals surface area contributed by atoms with Gasteiger partial charge in [0.1, 0.15) is 16.4 Å². The highest BCUT2D eigenvalue weighted by Crippen LogP contribution is 2.33. The minimum Gasteiger partial charge on any atom is -0.497 e. The van der Waals surface area contributed by atoms with Crippen LogP contribution in [0.3, 0.4) is 0 Å². The monoisotopic (exact) mass is 569 g/mol. The predicted molar refractivity (Wildman–Crippen MR) is 146 cm³/mol. The van der Waals surface area contributed by atoms with Gasteiger partial charge in [-0.3, -0.25) is 4.90 Å². The average molecular weight is 571 g/mol. The highest BCUT2D eigenvalue weighted by molar-refractivity contribution is 9.10. The number of hydrogen-bond acceptors (Lipinski definition) is 6. The van der Waals surface area contributed by atoms with Gasteiger partial charge in [0.2, 0.25) is 0 Å². The highest BCUT2D eigenvalue weighted by Gasteiger charge is 2.26. The lowest BCUT2D eigenvalue weighted by Crippen LogP contribution is -2.46. The van der Waals surface area contributed by atoms with E-state index in [1.54, 1.807) is 38.6 Å². The number of nitrogens with zero attached hydrogens (tertiary/aromatic N) is 3. The molecule has 0 bridgehead atoms. The van der Waals surface area contributed by atoms with Gasteiger partial charge in [-0.2, -0.15) is 0 Å². The molecule has 2 heterocycles. The van der Waals surface area contributed by atoms with Gasteiger partial charge in [-0.15, -0.1) is 0 Å². The summed E-state index contributed by atoms with van der Waals surface area (Å²) in [6, 6.07) is 20.6. The number of aromatic nitrogens is 1. The molecule has 0 radical (unpaired) electrons. The fourth-order valence-corrected chi connectivity index (χ4v) is 7.16. The maximum atomic E-state index is 13.7. The number of para-hydroxylation sites is 3. The van der Waals surface area contributed by atoms with Crippen molar-refractivity contribution in [2.45, 2.75) is 11.4 Å². The molecule has 1 aromatic heterocycles. The van der Waals surface area contributed by atoms with Crippen LogP contribution in [-0.2, 0) is 16.6 Å². The van der Waals surface area contributed by atoms with Crippen molar-refractivity contribution in [3.05, 3.63) is 83.0 Å². The van der Waals surface area contributed by atoms with Crippen molar-refractivity contribution < 1.29 is 17.9 Å². The maximum absolute atomic E-state index is 13.7. The third kappa shape index (κ3) is 4.58. The minimum absolute atomic E-state index is 0.195. The lowest BCUT2D eigenvalue weighted by atomic mass is 10.1. The lowest BCUT2D eigenvalue weighted by molar-refractivity contribution is 0.250. The Labute approximate surface area is 220 Å². The van der Waals surface area contributed by atoms with Crippen molar-refractivity contribution in [2.24, 2.45) is 0 Å². The molecule has 7 nitrogen and oxygen atoms in total. The van der Waals surface area contributed by atoms with Gasteiger partial charge < -0.3 is 14.4 Å². The molecule has 36 heavy (non-hydrogen) atoms. The lowest BCUT2D eigenvalue weighted by Gasteiger charge is -2.36. The number of benzene rings is 3. The quantitative estimate of drug-likeness (QED) is 0.313. The Morgan fingerprint density at radius 3 is 2.33 bits per heavy atom. The van der Waals surface area contributed by atoms with Gasteiger partial charge in [0, 0.05) is 48.8 Å². The van der Waals surface area contributed by atoms with Crippen LogP contribution in [0.4, 0.5) is 5.69 Å². The zero-order chi connectivity index (χ0) is 25.3. The molecule has 0 atom stereocenters. The van der Waals surface area contributed by atoms with Gasteiger partial charge in [0.15, 0.2) is 0 Å². The summed E-state index contributed by atoms with van der Waals surface area (Å²) in [6.07, 6.45) is 1.77. The molecular formula is C27H28BrN3O4S. The molecule has 9 heteroatoms. The Morgan fingerprint density at radius 1 is 0.889 bits per heavy atom. The Bertz CT molecular complexity index is 1490. The summed E-state index contributed by atoms with van der Waals surface area (Å²) in [6.45, 7) is 4.15. The van der Waals surface area contributed by atoms with E-state index in [9.17, 15) is 8.42 Å². The standard InChI is InChI=1S/C27H28BrN3O4S/c1-34-21-11-12-27(23(28)17-21)36(32,33)31-19-20(22-7-3-4-8-24(22)31)18-29-13-15-30(16-14-29)25-9-5-6-10-26(25)35-2/h3-12,17,19H,13-16,18H2,1-2H3. The van der Waals surface area contributed by atoms with E-state index in [1.165, 1.54) is 3.97 Å². The number of rotatable bonds is 7. The number of anilines is 1. The molecule has 4 aromatic rings. The number of methoxy groups -OCH3 is 2. The molecule has 0 N–H and O–H groups in total. The van der Waals surface area contributed by atoms with Crippen LogP contribution in [0, 0.1) is 0 Å². The number of fused-ring (bicyclic) bond motifs is 1. The second-order valence-electron chi connectivity index (χ2n) is 8.70. The predicted octanol–water partition coefficient (Wildman–Crippen LogP) is 4.98. The van der Waals surface area contributed by atoms with E-state index in [4.69, 9.17) is 9.47 Å². The molecule has 5 rings (SSSR count). The summed E-state index contributed by atoms with van der Waals surface area (Å²) in [5, 5.41) is 0.942. The van der Waals surface area contributed by atoms with Crippen LogP contribution in [0.2, 0.25) is 0 Å². The maximum Gasteiger partial charge on any atom is 0.269 e. The van der Waals surface area contributed by atoms with Crippen molar-refractivity contribution in [3.8, 4) is 11.5 Å². The van der Waals surface area contributed by atoms with E-state index in [-0.39, 0.29) is 4.90 Å². The summed E-state index contributed by atoms with van der Waals surface area (Å²) in [4.78, 5) is 4.90. The Morgan fingerprint density at radius 2 is 1.61 bits per heavy atom. The molecule has 1 saturated heterocycles. The molecule has 0 saturated carbocycles. The molecule has 1 aliphatic heterocycles. The minimum atomic E-state index is -3.82. The second kappa shape index (κ2) is 10.2. The van der Waals surface area contributed by atoms with Crippen LogP contribution in [0.25, 0.3) is 10.9 Å². The number of halogens is 1. The van der Waals surface area contributed by atoms with Crippen LogP contribution >= 0.6 is 15.9 Å². The van der Waals surface area contributed by atoms with E-state index in [2.05, 4.69) is 31.8 Å². The van der Waals surface area contributed by atoms with Crippen molar-refractivity contribution in [2.75, 3.05) is 45.3 Å². The molecule has 0 amide bonds. The SMILES string of the molecule is COc1ccc(S(=O)(=O)n2cc(CN3CCN(c4ccccc4OC)CC3)c3ccccc32)c(Br)c1. The largest absolute Gasteiger partial charge is 0.497 e. The van der Waals surface area contributed by atoms with Crippen molar-refractivity contribution >= 4 is 42.5 Å². The molecule has 1 aliphatic rings. The first-order chi connectivity index (χ1) is 17.4. The molecule has 188 valence electrons. The smallest absolute Gasteiger partial charge is 0.269 e. The van der Waals surface area contributed by atoms with Gasteiger partial charge in [-0.25, -0.2) is 12.4 Å². The molecular weight excluding hydrogens is 542 g/mol. The molecule has 0 spiro atoms. The molecule has 1 fully saturated rings. The summed E-state index contributed by atoms with van der Waals surface area (Å²) >= 11 is 3.41. The molecule has 0 unspecified atom stereocenters. The third-order valence-corrected chi connectivity index (χ3v) is 9.28. The van der Waals surface area contributed by atoms with E-state index in [1.807, 2.05) is 42.5 Å². The first kappa shape index (κ1) is 24.7.